The molecule has 0 radical (unpaired) electrons. The van der Waals surface area contributed by atoms with Crippen LogP contribution in [0.15, 0.2) is 48.5 Å². The molecule has 2 heterocycles. The lowest BCUT2D eigenvalue weighted by Crippen LogP contribution is -2.49. The van der Waals surface area contributed by atoms with Crippen molar-refractivity contribution >= 4 is 11.7 Å². The standard InChI is InChI=1S/C24H25FN4O/c1-16-7-4-5-10-21(16)24(30)29-13-11-28(12-14-29)23-17(2)18(3)26-22(27-23)19-8-6-9-20(25)15-19/h4-10,15H,11-14H2,1-3H3. The molecule has 1 aliphatic heterocycles. The summed E-state index contributed by atoms with van der Waals surface area (Å²) in [4.78, 5) is 26.3. The monoisotopic (exact) mass is 404 g/mol. The van der Waals surface area contributed by atoms with Crippen molar-refractivity contribution in [2.24, 2.45) is 0 Å². The van der Waals surface area contributed by atoms with Crippen molar-refractivity contribution in [2.45, 2.75) is 20.8 Å². The van der Waals surface area contributed by atoms with E-state index < -0.39 is 0 Å². The van der Waals surface area contributed by atoms with Crippen LogP contribution in [0.2, 0.25) is 0 Å². The molecule has 0 spiro atoms. The number of hydrogen-bond acceptors (Lipinski definition) is 4. The molecule has 1 amide bonds. The van der Waals surface area contributed by atoms with Crippen LogP contribution in [0.4, 0.5) is 10.2 Å². The third-order valence-electron chi connectivity index (χ3n) is 5.69. The van der Waals surface area contributed by atoms with Crippen LogP contribution in [0.1, 0.15) is 27.2 Å². The van der Waals surface area contributed by atoms with Crippen LogP contribution in [0.25, 0.3) is 11.4 Å². The van der Waals surface area contributed by atoms with Crippen molar-refractivity contribution in [1.29, 1.82) is 0 Å². The molecule has 0 unspecified atom stereocenters. The van der Waals surface area contributed by atoms with Gasteiger partial charge in [0, 0.05) is 48.6 Å². The van der Waals surface area contributed by atoms with Crippen molar-refractivity contribution in [2.75, 3.05) is 31.1 Å². The number of carbonyl (C=O) groups excluding carboxylic acids is 1. The van der Waals surface area contributed by atoms with E-state index in [2.05, 4.69) is 9.88 Å². The Labute approximate surface area is 176 Å². The number of hydrogen-bond donors (Lipinski definition) is 0. The fraction of sp³-hybridized carbons (Fsp3) is 0.292. The van der Waals surface area contributed by atoms with E-state index in [-0.39, 0.29) is 11.7 Å². The van der Waals surface area contributed by atoms with Crippen molar-refractivity contribution in [3.63, 3.8) is 0 Å². The van der Waals surface area contributed by atoms with E-state index in [4.69, 9.17) is 4.98 Å². The minimum absolute atomic E-state index is 0.0730. The lowest BCUT2D eigenvalue weighted by molar-refractivity contribution is 0.0745. The van der Waals surface area contributed by atoms with Crippen molar-refractivity contribution in [1.82, 2.24) is 14.9 Å². The minimum atomic E-state index is -0.306. The number of carbonyl (C=O) groups is 1. The topological polar surface area (TPSA) is 49.3 Å². The van der Waals surface area contributed by atoms with Gasteiger partial charge in [-0.15, -0.1) is 0 Å². The van der Waals surface area contributed by atoms with Gasteiger partial charge in [-0.25, -0.2) is 14.4 Å². The summed E-state index contributed by atoms with van der Waals surface area (Å²) in [5.41, 5.74) is 4.29. The number of rotatable bonds is 3. The molecule has 5 nitrogen and oxygen atoms in total. The van der Waals surface area contributed by atoms with Gasteiger partial charge in [-0.05, 0) is 44.5 Å². The van der Waals surface area contributed by atoms with E-state index in [0.29, 0.717) is 37.6 Å². The van der Waals surface area contributed by atoms with E-state index in [0.717, 1.165) is 28.2 Å². The fourth-order valence-corrected chi connectivity index (χ4v) is 3.78. The van der Waals surface area contributed by atoms with Crippen LogP contribution >= 0.6 is 0 Å². The van der Waals surface area contributed by atoms with Gasteiger partial charge in [-0.3, -0.25) is 4.79 Å². The number of halogens is 1. The summed E-state index contributed by atoms with van der Waals surface area (Å²) in [7, 11) is 0. The second-order valence-electron chi connectivity index (χ2n) is 7.69. The average Bonchev–Trinajstić information content (AvgIpc) is 2.75. The molecular weight excluding hydrogens is 379 g/mol. The Morgan fingerprint density at radius 1 is 0.933 bits per heavy atom. The highest BCUT2D eigenvalue weighted by Gasteiger charge is 2.25. The van der Waals surface area contributed by atoms with Gasteiger partial charge in [0.2, 0.25) is 0 Å². The molecule has 0 bridgehead atoms. The first-order valence-electron chi connectivity index (χ1n) is 10.1. The van der Waals surface area contributed by atoms with E-state index in [9.17, 15) is 9.18 Å². The van der Waals surface area contributed by atoms with Crippen LogP contribution < -0.4 is 4.90 Å². The number of nitrogens with zero attached hydrogens (tertiary/aromatic N) is 4. The first kappa shape index (κ1) is 20.0. The van der Waals surface area contributed by atoms with Crippen LogP contribution in [0, 0.1) is 26.6 Å². The van der Waals surface area contributed by atoms with E-state index in [1.54, 1.807) is 6.07 Å². The second-order valence-corrected chi connectivity index (χ2v) is 7.69. The first-order chi connectivity index (χ1) is 14.4. The molecule has 3 aromatic rings. The molecule has 1 saturated heterocycles. The highest BCUT2D eigenvalue weighted by molar-refractivity contribution is 5.95. The minimum Gasteiger partial charge on any atom is -0.353 e. The highest BCUT2D eigenvalue weighted by Crippen LogP contribution is 2.26. The predicted octanol–water partition coefficient (Wildman–Crippen LogP) is 4.17. The van der Waals surface area contributed by atoms with Crippen LogP contribution in [0.3, 0.4) is 0 Å². The molecule has 0 atom stereocenters. The summed E-state index contributed by atoms with van der Waals surface area (Å²) in [6.07, 6.45) is 0. The van der Waals surface area contributed by atoms with Crippen LogP contribution in [-0.2, 0) is 0 Å². The Hall–Kier alpha value is -3.28. The van der Waals surface area contributed by atoms with E-state index in [1.165, 1.54) is 12.1 Å². The Kier molecular flexibility index (Phi) is 5.48. The summed E-state index contributed by atoms with van der Waals surface area (Å²) in [6.45, 7) is 8.56. The molecule has 30 heavy (non-hydrogen) atoms. The molecule has 154 valence electrons. The SMILES string of the molecule is Cc1ccccc1C(=O)N1CCN(c2nc(-c3cccc(F)c3)nc(C)c2C)CC1. The molecule has 2 aromatic carbocycles. The highest BCUT2D eigenvalue weighted by atomic mass is 19.1. The van der Waals surface area contributed by atoms with Crippen molar-refractivity contribution in [3.05, 3.63) is 76.7 Å². The van der Waals surface area contributed by atoms with Gasteiger partial charge in [-0.2, -0.15) is 0 Å². The number of aryl methyl sites for hydroxylation is 2. The summed E-state index contributed by atoms with van der Waals surface area (Å²) in [5.74, 6) is 1.14. The molecule has 0 N–H and O–H groups in total. The third kappa shape index (κ3) is 3.90. The second kappa shape index (κ2) is 8.22. The lowest BCUT2D eigenvalue weighted by Gasteiger charge is -2.36. The largest absolute Gasteiger partial charge is 0.353 e. The van der Waals surface area contributed by atoms with Gasteiger partial charge in [0.1, 0.15) is 11.6 Å². The van der Waals surface area contributed by atoms with Crippen molar-refractivity contribution in [3.8, 4) is 11.4 Å². The lowest BCUT2D eigenvalue weighted by atomic mass is 10.1. The Bertz CT molecular complexity index is 1090. The maximum atomic E-state index is 13.7. The van der Waals surface area contributed by atoms with Gasteiger partial charge < -0.3 is 9.80 Å². The van der Waals surface area contributed by atoms with Gasteiger partial charge in [0.25, 0.3) is 5.91 Å². The Morgan fingerprint density at radius 3 is 2.37 bits per heavy atom. The normalized spacial score (nSPS) is 14.1. The maximum absolute atomic E-state index is 13.7. The van der Waals surface area contributed by atoms with Crippen LogP contribution in [0.5, 0.6) is 0 Å². The molecule has 1 aliphatic rings. The summed E-state index contributed by atoms with van der Waals surface area (Å²) in [6, 6.07) is 14.0. The first-order valence-corrected chi connectivity index (χ1v) is 10.1. The van der Waals surface area contributed by atoms with Crippen LogP contribution in [-0.4, -0.2) is 47.0 Å². The van der Waals surface area contributed by atoms with Crippen molar-refractivity contribution < 1.29 is 9.18 Å². The summed E-state index contributed by atoms with van der Waals surface area (Å²) in [5, 5.41) is 0. The third-order valence-corrected chi connectivity index (χ3v) is 5.69. The summed E-state index contributed by atoms with van der Waals surface area (Å²) >= 11 is 0. The van der Waals surface area contributed by atoms with E-state index >= 15 is 0 Å². The average molecular weight is 404 g/mol. The molecule has 0 aliphatic carbocycles. The van der Waals surface area contributed by atoms with Gasteiger partial charge >= 0.3 is 0 Å². The number of anilines is 1. The zero-order valence-corrected chi connectivity index (χ0v) is 17.5. The molecule has 6 heteroatoms. The molecule has 4 rings (SSSR count). The Balaban J connectivity index is 1.55. The predicted molar refractivity (Wildman–Crippen MR) is 116 cm³/mol. The number of aromatic nitrogens is 2. The molecular formula is C24H25FN4O. The molecule has 1 aromatic heterocycles. The summed E-state index contributed by atoms with van der Waals surface area (Å²) < 4.78 is 13.7. The Morgan fingerprint density at radius 2 is 1.67 bits per heavy atom. The number of piperazine rings is 1. The quantitative estimate of drug-likeness (QED) is 0.657. The smallest absolute Gasteiger partial charge is 0.254 e. The zero-order chi connectivity index (χ0) is 21.3. The number of amides is 1. The molecule has 1 fully saturated rings. The maximum Gasteiger partial charge on any atom is 0.254 e. The fourth-order valence-electron chi connectivity index (χ4n) is 3.78. The van der Waals surface area contributed by atoms with Gasteiger partial charge in [0.05, 0.1) is 0 Å². The van der Waals surface area contributed by atoms with Gasteiger partial charge in [0.15, 0.2) is 5.82 Å². The van der Waals surface area contributed by atoms with E-state index in [1.807, 2.05) is 56.0 Å². The number of benzene rings is 2. The molecule has 0 saturated carbocycles. The van der Waals surface area contributed by atoms with Gasteiger partial charge in [-0.1, -0.05) is 30.3 Å². The zero-order valence-electron chi connectivity index (χ0n) is 17.5.